The molecule has 1 amide bonds. The fourth-order valence-electron chi connectivity index (χ4n) is 3.47. The van der Waals surface area contributed by atoms with Gasteiger partial charge in [0.15, 0.2) is 0 Å². The fourth-order valence-corrected chi connectivity index (χ4v) is 4.50. The van der Waals surface area contributed by atoms with Crippen molar-refractivity contribution >= 4 is 23.4 Å². The lowest BCUT2D eigenvalue weighted by molar-refractivity contribution is 0.0342. The number of carbonyl (C=O) groups excluding carboxylic acids is 1. The van der Waals surface area contributed by atoms with Crippen molar-refractivity contribution in [1.29, 1.82) is 5.26 Å². The van der Waals surface area contributed by atoms with Gasteiger partial charge in [0, 0.05) is 35.1 Å². The van der Waals surface area contributed by atoms with Gasteiger partial charge in [-0.1, -0.05) is 48.2 Å². The molecule has 1 saturated heterocycles. The molecule has 31 heavy (non-hydrogen) atoms. The van der Waals surface area contributed by atoms with Crippen LogP contribution in [0.15, 0.2) is 82.6 Å². The molecule has 156 valence electrons. The molecule has 0 saturated carbocycles. The molecule has 1 N–H and O–H groups in total. The van der Waals surface area contributed by atoms with E-state index in [9.17, 15) is 10.1 Å². The Balaban J connectivity index is 1.49. The molecule has 0 atom stereocenters. The number of carbonyl (C=O) groups is 1. The van der Waals surface area contributed by atoms with Crippen LogP contribution in [0.2, 0.25) is 0 Å². The third-order valence-electron chi connectivity index (χ3n) is 5.05. The lowest BCUT2D eigenvalue weighted by Gasteiger charge is -2.26. The number of nitriles is 1. The van der Waals surface area contributed by atoms with Gasteiger partial charge in [-0.2, -0.15) is 5.26 Å². The summed E-state index contributed by atoms with van der Waals surface area (Å²) in [6.45, 7) is 4.21. The van der Waals surface area contributed by atoms with Gasteiger partial charge in [0.1, 0.15) is 6.07 Å². The highest BCUT2D eigenvalue weighted by Gasteiger charge is 2.15. The van der Waals surface area contributed by atoms with Crippen molar-refractivity contribution in [2.75, 3.05) is 31.6 Å². The molecule has 3 aromatic rings. The summed E-state index contributed by atoms with van der Waals surface area (Å²) in [7, 11) is 0. The van der Waals surface area contributed by atoms with Crippen LogP contribution in [0.1, 0.15) is 21.5 Å². The van der Waals surface area contributed by atoms with Crippen LogP contribution in [0.3, 0.4) is 0 Å². The van der Waals surface area contributed by atoms with Gasteiger partial charge in [0.2, 0.25) is 0 Å². The zero-order chi connectivity index (χ0) is 21.5. The van der Waals surface area contributed by atoms with Crippen LogP contribution in [0.25, 0.3) is 0 Å². The Labute approximate surface area is 186 Å². The first-order valence-corrected chi connectivity index (χ1v) is 11.0. The molecule has 1 fully saturated rings. The smallest absolute Gasteiger partial charge is 0.256 e. The number of amides is 1. The maximum absolute atomic E-state index is 13.1. The van der Waals surface area contributed by atoms with Crippen molar-refractivity contribution in [3.63, 3.8) is 0 Å². The first kappa shape index (κ1) is 21.1. The van der Waals surface area contributed by atoms with E-state index in [0.717, 1.165) is 53.9 Å². The number of ether oxygens (including phenoxy) is 1. The van der Waals surface area contributed by atoms with Crippen LogP contribution < -0.4 is 5.32 Å². The summed E-state index contributed by atoms with van der Waals surface area (Å²) in [4.78, 5) is 17.1. The molecular weight excluding hydrogens is 406 g/mol. The quantitative estimate of drug-likeness (QED) is 0.610. The Morgan fingerprint density at radius 2 is 1.74 bits per heavy atom. The third kappa shape index (κ3) is 5.53. The standard InChI is InChI=1S/C25H23N3O2S/c26-17-20-7-1-3-10-23(20)31-24-11-4-2-9-22(24)25(29)27-21-8-5-6-19(16-21)18-28-12-14-30-15-13-28/h1-11,16H,12-15,18H2,(H,27,29). The van der Waals surface area contributed by atoms with Crippen LogP contribution in [-0.2, 0) is 11.3 Å². The molecule has 5 nitrogen and oxygen atoms in total. The van der Waals surface area contributed by atoms with Crippen molar-refractivity contribution in [3.8, 4) is 6.07 Å². The van der Waals surface area contributed by atoms with Crippen molar-refractivity contribution in [3.05, 3.63) is 89.5 Å². The van der Waals surface area contributed by atoms with Crippen LogP contribution >= 0.6 is 11.8 Å². The van der Waals surface area contributed by atoms with Crippen molar-refractivity contribution < 1.29 is 9.53 Å². The van der Waals surface area contributed by atoms with Crippen LogP contribution in [0.5, 0.6) is 0 Å². The molecule has 0 unspecified atom stereocenters. The number of anilines is 1. The van der Waals surface area contributed by atoms with E-state index in [1.165, 1.54) is 11.8 Å². The Hall–Kier alpha value is -3.11. The number of hydrogen-bond donors (Lipinski definition) is 1. The number of rotatable bonds is 6. The second kappa shape index (κ2) is 10.3. The zero-order valence-corrected chi connectivity index (χ0v) is 17.9. The molecular formula is C25H23N3O2S. The summed E-state index contributed by atoms with van der Waals surface area (Å²) < 4.78 is 5.41. The molecule has 1 aliphatic heterocycles. The van der Waals surface area contributed by atoms with Crippen LogP contribution in [0, 0.1) is 11.3 Å². The maximum Gasteiger partial charge on any atom is 0.256 e. The van der Waals surface area contributed by atoms with E-state index in [2.05, 4.69) is 22.4 Å². The van der Waals surface area contributed by atoms with Gasteiger partial charge in [-0.25, -0.2) is 0 Å². The van der Waals surface area contributed by atoms with Gasteiger partial charge in [-0.05, 0) is 42.0 Å². The van der Waals surface area contributed by atoms with Crippen LogP contribution in [0.4, 0.5) is 5.69 Å². The molecule has 6 heteroatoms. The lowest BCUT2D eigenvalue weighted by atomic mass is 10.1. The normalized spacial score (nSPS) is 14.0. The highest BCUT2D eigenvalue weighted by atomic mass is 32.2. The largest absolute Gasteiger partial charge is 0.379 e. The van der Waals surface area contributed by atoms with E-state index in [-0.39, 0.29) is 5.91 Å². The third-order valence-corrected chi connectivity index (χ3v) is 6.21. The second-order valence-electron chi connectivity index (χ2n) is 7.25. The second-order valence-corrected chi connectivity index (χ2v) is 8.33. The molecule has 0 aromatic heterocycles. The van der Waals surface area contributed by atoms with Crippen molar-refractivity contribution in [1.82, 2.24) is 4.90 Å². The van der Waals surface area contributed by atoms with Gasteiger partial charge in [-0.3, -0.25) is 9.69 Å². The Bertz CT molecular complexity index is 1100. The Kier molecular flexibility index (Phi) is 7.00. The fraction of sp³-hybridized carbons (Fsp3) is 0.200. The summed E-state index contributed by atoms with van der Waals surface area (Å²) in [6.07, 6.45) is 0. The minimum absolute atomic E-state index is 0.166. The number of nitrogens with one attached hydrogen (secondary N) is 1. The lowest BCUT2D eigenvalue weighted by Crippen LogP contribution is -2.35. The topological polar surface area (TPSA) is 65.4 Å². The predicted octanol–water partition coefficient (Wildman–Crippen LogP) is 4.79. The Morgan fingerprint density at radius 1 is 1.00 bits per heavy atom. The maximum atomic E-state index is 13.1. The minimum Gasteiger partial charge on any atom is -0.379 e. The average molecular weight is 430 g/mol. The summed E-state index contributed by atoms with van der Waals surface area (Å²) >= 11 is 1.43. The SMILES string of the molecule is N#Cc1ccccc1Sc1ccccc1C(=O)Nc1cccc(CN2CCOCC2)c1. The molecule has 0 bridgehead atoms. The molecule has 1 aliphatic rings. The average Bonchev–Trinajstić information content (AvgIpc) is 2.81. The highest BCUT2D eigenvalue weighted by Crippen LogP contribution is 2.33. The van der Waals surface area contributed by atoms with E-state index in [1.807, 2.05) is 60.7 Å². The van der Waals surface area contributed by atoms with Gasteiger partial charge in [0.25, 0.3) is 5.91 Å². The van der Waals surface area contributed by atoms with E-state index in [4.69, 9.17) is 4.74 Å². The van der Waals surface area contributed by atoms with Crippen molar-refractivity contribution in [2.45, 2.75) is 16.3 Å². The minimum atomic E-state index is -0.166. The van der Waals surface area contributed by atoms with E-state index >= 15 is 0 Å². The highest BCUT2D eigenvalue weighted by molar-refractivity contribution is 7.99. The monoisotopic (exact) mass is 429 g/mol. The predicted molar refractivity (Wildman–Crippen MR) is 122 cm³/mol. The molecule has 0 aliphatic carbocycles. The van der Waals surface area contributed by atoms with E-state index in [1.54, 1.807) is 6.07 Å². The molecule has 3 aromatic carbocycles. The van der Waals surface area contributed by atoms with Gasteiger partial charge >= 0.3 is 0 Å². The van der Waals surface area contributed by atoms with Crippen molar-refractivity contribution in [2.24, 2.45) is 0 Å². The van der Waals surface area contributed by atoms with Gasteiger partial charge in [-0.15, -0.1) is 0 Å². The molecule has 0 spiro atoms. The Morgan fingerprint density at radius 3 is 2.55 bits per heavy atom. The van der Waals surface area contributed by atoms with Gasteiger partial charge < -0.3 is 10.1 Å². The molecule has 4 rings (SSSR count). The summed E-state index contributed by atoms with van der Waals surface area (Å²) in [5.41, 5.74) is 3.11. The first-order valence-electron chi connectivity index (χ1n) is 10.2. The summed E-state index contributed by atoms with van der Waals surface area (Å²) in [5, 5.41) is 12.4. The number of nitrogens with zero attached hydrogens (tertiary/aromatic N) is 2. The molecule has 0 radical (unpaired) electrons. The summed E-state index contributed by atoms with van der Waals surface area (Å²) in [6, 6.07) is 25.1. The zero-order valence-electron chi connectivity index (χ0n) is 17.1. The summed E-state index contributed by atoms with van der Waals surface area (Å²) in [5.74, 6) is -0.166. The van der Waals surface area contributed by atoms with Crippen LogP contribution in [-0.4, -0.2) is 37.1 Å². The number of hydrogen-bond acceptors (Lipinski definition) is 5. The number of morpholine rings is 1. The van der Waals surface area contributed by atoms with E-state index < -0.39 is 0 Å². The van der Waals surface area contributed by atoms with E-state index in [0.29, 0.717) is 11.1 Å². The molecule has 1 heterocycles. The first-order chi connectivity index (χ1) is 15.2. The van der Waals surface area contributed by atoms with Gasteiger partial charge in [0.05, 0.1) is 24.3 Å². The number of benzene rings is 3.